The van der Waals surface area contributed by atoms with E-state index >= 15 is 0 Å². The zero-order valence-corrected chi connectivity index (χ0v) is 10.6. The van der Waals surface area contributed by atoms with Gasteiger partial charge in [0.1, 0.15) is 0 Å². The maximum atomic E-state index is 12.4. The standard InChI is InChI=1S/C11H9F3N2O2S/c1-18-10(17)6-2-7(4-15)8(5-16)9(3-6)19-11(12,13)14/h2-3H,5,16H2,1H3. The van der Waals surface area contributed by atoms with Gasteiger partial charge < -0.3 is 10.5 Å². The molecule has 0 spiro atoms. The van der Waals surface area contributed by atoms with Gasteiger partial charge in [-0.15, -0.1) is 0 Å². The number of nitrogens with two attached hydrogens (primary N) is 1. The van der Waals surface area contributed by atoms with Gasteiger partial charge in [0.05, 0.1) is 24.3 Å². The molecule has 0 aromatic heterocycles. The van der Waals surface area contributed by atoms with Crippen molar-refractivity contribution in [3.05, 3.63) is 28.8 Å². The molecule has 0 amide bonds. The highest BCUT2D eigenvalue weighted by Crippen LogP contribution is 2.39. The molecule has 0 saturated heterocycles. The highest BCUT2D eigenvalue weighted by atomic mass is 32.2. The molecule has 0 bridgehead atoms. The topological polar surface area (TPSA) is 76.1 Å². The fraction of sp³-hybridized carbons (Fsp3) is 0.273. The Hall–Kier alpha value is -1.72. The summed E-state index contributed by atoms with van der Waals surface area (Å²) in [5.74, 6) is -0.816. The van der Waals surface area contributed by atoms with E-state index in [1.165, 1.54) is 0 Å². The van der Waals surface area contributed by atoms with Gasteiger partial charge >= 0.3 is 11.5 Å². The van der Waals surface area contributed by atoms with Crippen molar-refractivity contribution < 1.29 is 22.7 Å². The Bertz CT molecular complexity index is 538. The molecule has 2 N–H and O–H groups in total. The summed E-state index contributed by atoms with van der Waals surface area (Å²) < 4.78 is 41.7. The number of methoxy groups -OCH3 is 1. The Morgan fingerprint density at radius 3 is 2.58 bits per heavy atom. The lowest BCUT2D eigenvalue weighted by Crippen LogP contribution is -2.09. The largest absolute Gasteiger partial charge is 0.465 e. The fourth-order valence-electron chi connectivity index (χ4n) is 1.41. The minimum atomic E-state index is -4.54. The summed E-state index contributed by atoms with van der Waals surface area (Å²) in [6, 6.07) is 3.91. The van der Waals surface area contributed by atoms with Crippen LogP contribution in [-0.4, -0.2) is 18.6 Å². The second-order valence-electron chi connectivity index (χ2n) is 3.36. The van der Waals surface area contributed by atoms with Gasteiger partial charge in [-0.1, -0.05) is 0 Å². The third-order valence-corrected chi connectivity index (χ3v) is 3.00. The number of nitrogens with zero attached hydrogens (tertiary/aromatic N) is 1. The van der Waals surface area contributed by atoms with Crippen molar-refractivity contribution in [3.63, 3.8) is 0 Å². The van der Waals surface area contributed by atoms with E-state index in [2.05, 4.69) is 4.74 Å². The molecular weight excluding hydrogens is 281 g/mol. The van der Waals surface area contributed by atoms with Crippen LogP contribution in [0, 0.1) is 11.3 Å². The number of benzene rings is 1. The van der Waals surface area contributed by atoms with E-state index in [1.54, 1.807) is 6.07 Å². The van der Waals surface area contributed by atoms with Crippen LogP contribution in [0.1, 0.15) is 21.5 Å². The molecule has 0 heterocycles. The number of nitriles is 1. The molecule has 0 saturated carbocycles. The van der Waals surface area contributed by atoms with Crippen molar-refractivity contribution >= 4 is 17.7 Å². The van der Waals surface area contributed by atoms with Crippen molar-refractivity contribution in [2.45, 2.75) is 16.9 Å². The van der Waals surface area contributed by atoms with E-state index in [0.717, 1.165) is 19.2 Å². The zero-order chi connectivity index (χ0) is 14.6. The molecule has 0 fully saturated rings. The predicted molar refractivity (Wildman–Crippen MR) is 62.3 cm³/mol. The molecule has 0 radical (unpaired) electrons. The van der Waals surface area contributed by atoms with Gasteiger partial charge in [-0.3, -0.25) is 0 Å². The SMILES string of the molecule is COC(=O)c1cc(C#N)c(CN)c(SC(F)(F)F)c1. The first kappa shape index (κ1) is 15.3. The van der Waals surface area contributed by atoms with Gasteiger partial charge in [0.15, 0.2) is 0 Å². The number of carbonyl (C=O) groups excluding carboxylic acids is 1. The van der Waals surface area contributed by atoms with Crippen molar-refractivity contribution in [3.8, 4) is 6.07 Å². The van der Waals surface area contributed by atoms with Crippen LogP contribution in [0.5, 0.6) is 0 Å². The number of esters is 1. The van der Waals surface area contributed by atoms with Gasteiger partial charge in [0, 0.05) is 11.4 Å². The summed E-state index contributed by atoms with van der Waals surface area (Å²) in [5.41, 5.74) is 0.679. The molecule has 19 heavy (non-hydrogen) atoms. The first-order valence-electron chi connectivity index (χ1n) is 4.93. The van der Waals surface area contributed by atoms with E-state index in [4.69, 9.17) is 11.0 Å². The van der Waals surface area contributed by atoms with Gasteiger partial charge in [-0.2, -0.15) is 18.4 Å². The zero-order valence-electron chi connectivity index (χ0n) is 9.75. The first-order valence-corrected chi connectivity index (χ1v) is 5.75. The quantitative estimate of drug-likeness (QED) is 0.683. The lowest BCUT2D eigenvalue weighted by Gasteiger charge is -2.13. The molecule has 1 aromatic rings. The number of halogens is 3. The van der Waals surface area contributed by atoms with E-state index in [1.807, 2.05) is 0 Å². The molecular formula is C11H9F3N2O2S. The molecule has 0 atom stereocenters. The monoisotopic (exact) mass is 290 g/mol. The molecule has 4 nitrogen and oxygen atoms in total. The molecule has 0 aliphatic carbocycles. The maximum Gasteiger partial charge on any atom is 0.446 e. The Balaban J connectivity index is 3.41. The number of hydrogen-bond acceptors (Lipinski definition) is 5. The van der Waals surface area contributed by atoms with Crippen LogP contribution in [0.4, 0.5) is 13.2 Å². The lowest BCUT2D eigenvalue weighted by atomic mass is 10.0. The number of alkyl halides is 3. The van der Waals surface area contributed by atoms with Crippen molar-refractivity contribution in [1.82, 2.24) is 0 Å². The van der Waals surface area contributed by atoms with E-state index in [9.17, 15) is 18.0 Å². The van der Waals surface area contributed by atoms with Gasteiger partial charge in [0.2, 0.25) is 0 Å². The van der Waals surface area contributed by atoms with E-state index in [-0.39, 0.29) is 28.1 Å². The molecule has 0 aliphatic heterocycles. The highest BCUT2D eigenvalue weighted by Gasteiger charge is 2.31. The second-order valence-corrected chi connectivity index (χ2v) is 4.46. The average Bonchev–Trinajstić information content (AvgIpc) is 2.34. The normalized spacial score (nSPS) is 10.9. The van der Waals surface area contributed by atoms with Crippen LogP contribution in [0.15, 0.2) is 17.0 Å². The average molecular weight is 290 g/mol. The number of hydrogen-bond donors (Lipinski definition) is 1. The Morgan fingerprint density at radius 2 is 2.16 bits per heavy atom. The number of carbonyl (C=O) groups is 1. The first-order chi connectivity index (χ1) is 8.82. The summed E-state index contributed by atoms with van der Waals surface area (Å²) in [7, 11) is 1.10. The molecule has 0 aliphatic rings. The van der Waals surface area contributed by atoms with Gasteiger partial charge in [-0.05, 0) is 29.5 Å². The Labute approximate surface area is 111 Å². The number of rotatable bonds is 3. The van der Waals surface area contributed by atoms with Gasteiger partial charge in [-0.25, -0.2) is 4.79 Å². The van der Waals surface area contributed by atoms with Crippen molar-refractivity contribution in [1.29, 1.82) is 5.26 Å². The molecule has 8 heteroatoms. The third-order valence-electron chi connectivity index (χ3n) is 2.18. The van der Waals surface area contributed by atoms with E-state index in [0.29, 0.717) is 0 Å². The summed E-state index contributed by atoms with van der Waals surface area (Å²) in [5, 5.41) is 8.90. The highest BCUT2D eigenvalue weighted by molar-refractivity contribution is 8.00. The van der Waals surface area contributed by atoms with Crippen LogP contribution in [0.2, 0.25) is 0 Å². The van der Waals surface area contributed by atoms with Crippen molar-refractivity contribution in [2.24, 2.45) is 5.73 Å². The van der Waals surface area contributed by atoms with Crippen LogP contribution in [0.3, 0.4) is 0 Å². The van der Waals surface area contributed by atoms with E-state index < -0.39 is 23.2 Å². The molecule has 0 unspecified atom stereocenters. The molecule has 1 rings (SSSR count). The summed E-state index contributed by atoms with van der Waals surface area (Å²) >= 11 is -0.415. The maximum absolute atomic E-state index is 12.4. The number of thioether (sulfide) groups is 1. The smallest absolute Gasteiger partial charge is 0.446 e. The second kappa shape index (κ2) is 5.95. The van der Waals surface area contributed by atoms with Gasteiger partial charge in [0.25, 0.3) is 0 Å². The molecule has 102 valence electrons. The lowest BCUT2D eigenvalue weighted by molar-refractivity contribution is -0.0328. The van der Waals surface area contributed by atoms with Crippen LogP contribution < -0.4 is 5.73 Å². The Kier molecular flexibility index (Phi) is 4.80. The Morgan fingerprint density at radius 1 is 1.53 bits per heavy atom. The van der Waals surface area contributed by atoms with Crippen molar-refractivity contribution in [2.75, 3.05) is 7.11 Å². The van der Waals surface area contributed by atoms with Crippen LogP contribution in [0.25, 0.3) is 0 Å². The summed E-state index contributed by atoms with van der Waals surface area (Å²) in [4.78, 5) is 11.1. The molecule has 1 aromatic carbocycles. The minimum absolute atomic E-state index is 0.0532. The summed E-state index contributed by atoms with van der Waals surface area (Å²) in [6.45, 7) is -0.233. The minimum Gasteiger partial charge on any atom is -0.465 e. The van der Waals surface area contributed by atoms with Crippen LogP contribution >= 0.6 is 11.8 Å². The summed E-state index contributed by atoms with van der Waals surface area (Å²) in [6.07, 6.45) is 0. The van der Waals surface area contributed by atoms with Crippen LogP contribution in [-0.2, 0) is 11.3 Å². The number of ether oxygens (including phenoxy) is 1. The third kappa shape index (κ3) is 3.87. The fourth-order valence-corrected chi connectivity index (χ4v) is 2.16. The predicted octanol–water partition coefficient (Wildman–Crippen LogP) is 2.42.